The molecule has 1 saturated heterocycles. The van der Waals surface area contributed by atoms with E-state index in [1.54, 1.807) is 7.11 Å². The highest BCUT2D eigenvalue weighted by atomic mass is 32.2. The number of guanidine groups is 1. The van der Waals surface area contributed by atoms with Crippen LogP contribution in [0.3, 0.4) is 0 Å². The fourth-order valence-corrected chi connectivity index (χ4v) is 4.07. The number of hydrogen-bond acceptors (Lipinski definition) is 4. The standard InChI is InChI=1S/C19H31N3O2S/c1-15(2)18-14-22(8-11-25-18)19(20-3)21-13-16-6-5-7-17(12-16)24-10-9-23-4/h5-7,12,15,18H,8-11,13-14H2,1-4H3,(H,20,21). The summed E-state index contributed by atoms with van der Waals surface area (Å²) in [5, 5.41) is 4.17. The van der Waals surface area contributed by atoms with E-state index in [9.17, 15) is 0 Å². The van der Waals surface area contributed by atoms with Crippen LogP contribution in [0.25, 0.3) is 0 Å². The highest BCUT2D eigenvalue weighted by Gasteiger charge is 2.24. The van der Waals surface area contributed by atoms with Crippen molar-refractivity contribution in [2.45, 2.75) is 25.6 Å². The van der Waals surface area contributed by atoms with Gasteiger partial charge >= 0.3 is 0 Å². The molecule has 1 heterocycles. The Kier molecular flexibility index (Phi) is 8.41. The minimum atomic E-state index is 0.567. The van der Waals surface area contributed by atoms with E-state index in [4.69, 9.17) is 9.47 Å². The third kappa shape index (κ3) is 6.44. The number of methoxy groups -OCH3 is 1. The Labute approximate surface area is 156 Å². The molecule has 0 spiro atoms. The molecule has 0 bridgehead atoms. The van der Waals surface area contributed by atoms with Gasteiger partial charge in [-0.15, -0.1) is 0 Å². The number of hydrogen-bond donors (Lipinski definition) is 1. The Morgan fingerprint density at radius 1 is 1.40 bits per heavy atom. The van der Waals surface area contributed by atoms with Crippen LogP contribution in [0, 0.1) is 5.92 Å². The van der Waals surface area contributed by atoms with Gasteiger partial charge in [-0.2, -0.15) is 11.8 Å². The molecule has 0 radical (unpaired) electrons. The first-order valence-electron chi connectivity index (χ1n) is 8.92. The molecule has 2 rings (SSSR count). The molecular weight excluding hydrogens is 334 g/mol. The third-order valence-corrected chi connectivity index (χ3v) is 5.79. The molecule has 0 amide bonds. The quantitative estimate of drug-likeness (QED) is 0.457. The van der Waals surface area contributed by atoms with Crippen molar-refractivity contribution < 1.29 is 9.47 Å². The normalized spacial score (nSPS) is 18.5. The van der Waals surface area contributed by atoms with Gasteiger partial charge in [0.1, 0.15) is 12.4 Å². The summed E-state index contributed by atoms with van der Waals surface area (Å²) in [5.41, 5.74) is 1.18. The van der Waals surface area contributed by atoms with Crippen LogP contribution in [-0.2, 0) is 11.3 Å². The molecule has 1 N–H and O–H groups in total. The molecule has 1 aliphatic heterocycles. The molecule has 1 aromatic rings. The zero-order valence-corrected chi connectivity index (χ0v) is 16.6. The maximum Gasteiger partial charge on any atom is 0.193 e. The monoisotopic (exact) mass is 365 g/mol. The van der Waals surface area contributed by atoms with Gasteiger partial charge in [0.15, 0.2) is 5.96 Å². The van der Waals surface area contributed by atoms with Gasteiger partial charge < -0.3 is 19.7 Å². The molecule has 0 aliphatic carbocycles. The second kappa shape index (κ2) is 10.6. The molecule has 6 heteroatoms. The van der Waals surface area contributed by atoms with E-state index >= 15 is 0 Å². The second-order valence-electron chi connectivity index (χ2n) is 6.49. The molecule has 1 unspecified atom stereocenters. The first kappa shape index (κ1) is 19.9. The molecule has 140 valence electrons. The van der Waals surface area contributed by atoms with E-state index in [1.807, 2.05) is 19.2 Å². The summed E-state index contributed by atoms with van der Waals surface area (Å²) in [6, 6.07) is 8.17. The number of ether oxygens (including phenoxy) is 2. The van der Waals surface area contributed by atoms with Gasteiger partial charge in [0, 0.05) is 44.8 Å². The van der Waals surface area contributed by atoms with Crippen molar-refractivity contribution in [1.29, 1.82) is 0 Å². The lowest BCUT2D eigenvalue weighted by atomic mass is 10.1. The SMILES string of the molecule is CN=C(NCc1cccc(OCCOC)c1)N1CCSC(C(C)C)C1. The average molecular weight is 366 g/mol. The Morgan fingerprint density at radius 3 is 2.96 bits per heavy atom. The Balaban J connectivity index is 1.89. The summed E-state index contributed by atoms with van der Waals surface area (Å²) in [6.07, 6.45) is 0. The van der Waals surface area contributed by atoms with Crippen LogP contribution >= 0.6 is 11.8 Å². The van der Waals surface area contributed by atoms with E-state index in [0.29, 0.717) is 24.4 Å². The number of benzene rings is 1. The van der Waals surface area contributed by atoms with Crippen LogP contribution < -0.4 is 10.1 Å². The van der Waals surface area contributed by atoms with E-state index in [2.05, 4.69) is 53.0 Å². The highest BCUT2D eigenvalue weighted by Crippen LogP contribution is 2.25. The third-order valence-electron chi connectivity index (χ3n) is 4.25. The van der Waals surface area contributed by atoms with Crippen molar-refractivity contribution in [1.82, 2.24) is 10.2 Å². The average Bonchev–Trinajstić information content (AvgIpc) is 2.63. The minimum absolute atomic E-state index is 0.567. The first-order valence-corrected chi connectivity index (χ1v) is 9.96. The Bertz CT molecular complexity index is 551. The van der Waals surface area contributed by atoms with Crippen molar-refractivity contribution in [3.05, 3.63) is 29.8 Å². The fourth-order valence-electron chi connectivity index (χ4n) is 2.77. The molecule has 1 aromatic carbocycles. The molecular formula is C19H31N3O2S. The van der Waals surface area contributed by atoms with Crippen molar-refractivity contribution in [2.24, 2.45) is 10.9 Å². The lowest BCUT2D eigenvalue weighted by molar-refractivity contribution is 0.146. The van der Waals surface area contributed by atoms with Crippen LogP contribution in [-0.4, -0.2) is 62.3 Å². The summed E-state index contributed by atoms with van der Waals surface area (Å²) in [7, 11) is 3.54. The van der Waals surface area contributed by atoms with Crippen molar-refractivity contribution in [3.8, 4) is 5.75 Å². The van der Waals surface area contributed by atoms with E-state index in [0.717, 1.165) is 37.1 Å². The van der Waals surface area contributed by atoms with Crippen molar-refractivity contribution >= 4 is 17.7 Å². The zero-order valence-electron chi connectivity index (χ0n) is 15.8. The first-order chi connectivity index (χ1) is 12.1. The molecule has 25 heavy (non-hydrogen) atoms. The second-order valence-corrected chi connectivity index (χ2v) is 7.84. The molecule has 1 aliphatic rings. The van der Waals surface area contributed by atoms with Crippen molar-refractivity contribution in [2.75, 3.05) is 46.2 Å². The number of thioether (sulfide) groups is 1. The fraction of sp³-hybridized carbons (Fsp3) is 0.632. The molecule has 1 fully saturated rings. The minimum Gasteiger partial charge on any atom is -0.491 e. The smallest absolute Gasteiger partial charge is 0.193 e. The van der Waals surface area contributed by atoms with E-state index in [1.165, 1.54) is 5.56 Å². The maximum atomic E-state index is 5.68. The predicted molar refractivity (Wildman–Crippen MR) is 107 cm³/mol. The van der Waals surface area contributed by atoms with Crippen LogP contribution in [0.5, 0.6) is 5.75 Å². The zero-order chi connectivity index (χ0) is 18.1. The molecule has 0 saturated carbocycles. The Hall–Kier alpha value is -1.40. The molecule has 0 aromatic heterocycles. The van der Waals surface area contributed by atoms with Gasteiger partial charge in [-0.3, -0.25) is 4.99 Å². The topological polar surface area (TPSA) is 46.1 Å². The van der Waals surface area contributed by atoms with Gasteiger partial charge in [-0.05, 0) is 23.6 Å². The van der Waals surface area contributed by atoms with Crippen molar-refractivity contribution in [3.63, 3.8) is 0 Å². The number of aliphatic imine (C=N–C) groups is 1. The lowest BCUT2D eigenvalue weighted by Gasteiger charge is -2.36. The number of rotatable bonds is 7. The maximum absolute atomic E-state index is 5.68. The molecule has 5 nitrogen and oxygen atoms in total. The number of nitrogens with zero attached hydrogens (tertiary/aromatic N) is 2. The summed E-state index contributed by atoms with van der Waals surface area (Å²) < 4.78 is 10.7. The summed E-state index contributed by atoms with van der Waals surface area (Å²) in [5.74, 6) is 3.70. The largest absolute Gasteiger partial charge is 0.491 e. The molecule has 1 atom stereocenters. The van der Waals surface area contributed by atoms with Gasteiger partial charge in [-0.1, -0.05) is 26.0 Å². The lowest BCUT2D eigenvalue weighted by Crippen LogP contribution is -2.48. The van der Waals surface area contributed by atoms with Gasteiger partial charge in [0.25, 0.3) is 0 Å². The summed E-state index contributed by atoms with van der Waals surface area (Å²) >= 11 is 2.08. The van der Waals surface area contributed by atoms with Gasteiger partial charge in [-0.25, -0.2) is 0 Å². The van der Waals surface area contributed by atoms with E-state index in [-0.39, 0.29) is 0 Å². The highest BCUT2D eigenvalue weighted by molar-refractivity contribution is 8.00. The number of nitrogens with one attached hydrogen (secondary N) is 1. The van der Waals surface area contributed by atoms with Crippen LogP contribution in [0.15, 0.2) is 29.3 Å². The summed E-state index contributed by atoms with van der Waals surface area (Å²) in [4.78, 5) is 6.85. The van der Waals surface area contributed by atoms with Crippen LogP contribution in [0.1, 0.15) is 19.4 Å². The van der Waals surface area contributed by atoms with Gasteiger partial charge in [0.2, 0.25) is 0 Å². The van der Waals surface area contributed by atoms with Crippen LogP contribution in [0.4, 0.5) is 0 Å². The predicted octanol–water partition coefficient (Wildman–Crippen LogP) is 2.86. The van der Waals surface area contributed by atoms with E-state index < -0.39 is 0 Å². The van der Waals surface area contributed by atoms with Crippen LogP contribution in [0.2, 0.25) is 0 Å². The summed E-state index contributed by atoms with van der Waals surface area (Å²) in [6.45, 7) is 8.61. The van der Waals surface area contributed by atoms with Gasteiger partial charge in [0.05, 0.1) is 6.61 Å². The Morgan fingerprint density at radius 2 is 2.24 bits per heavy atom.